The van der Waals surface area contributed by atoms with Gasteiger partial charge in [-0.15, -0.1) is 0 Å². The van der Waals surface area contributed by atoms with Crippen LogP contribution in [0.4, 0.5) is 4.79 Å². The summed E-state index contributed by atoms with van der Waals surface area (Å²) in [4.78, 5) is 25.2. The van der Waals surface area contributed by atoms with E-state index in [1.807, 2.05) is 0 Å². The van der Waals surface area contributed by atoms with Gasteiger partial charge in [-0.1, -0.05) is 6.58 Å². The Balaban J connectivity index is 3.00. The zero-order valence-corrected chi connectivity index (χ0v) is 12.6. The standard InChI is InChI=1S/C14H23NO4/c1-9(10(2)16)11-8-18-14(6,7)15(11)12(17)19-13(3,4)5/h11H,1,8H2,2-7H3/t11-/m0/s1. The van der Waals surface area contributed by atoms with E-state index >= 15 is 0 Å². The summed E-state index contributed by atoms with van der Waals surface area (Å²) in [6.07, 6.45) is -0.498. The molecule has 19 heavy (non-hydrogen) atoms. The fourth-order valence-electron chi connectivity index (χ4n) is 1.95. The number of nitrogens with zero attached hydrogens (tertiary/aromatic N) is 1. The van der Waals surface area contributed by atoms with Crippen molar-refractivity contribution in [3.63, 3.8) is 0 Å². The summed E-state index contributed by atoms with van der Waals surface area (Å²) in [6.45, 7) is 14.4. The van der Waals surface area contributed by atoms with Crippen LogP contribution in [0.3, 0.4) is 0 Å². The van der Waals surface area contributed by atoms with Gasteiger partial charge < -0.3 is 9.47 Å². The summed E-state index contributed by atoms with van der Waals surface area (Å²) >= 11 is 0. The summed E-state index contributed by atoms with van der Waals surface area (Å²) in [5.41, 5.74) is -1.06. The third-order valence-corrected chi connectivity index (χ3v) is 2.93. The van der Waals surface area contributed by atoms with Crippen LogP contribution in [-0.2, 0) is 14.3 Å². The van der Waals surface area contributed by atoms with E-state index in [0.717, 1.165) is 0 Å². The molecule has 0 aromatic heterocycles. The first kappa shape index (κ1) is 15.7. The third-order valence-electron chi connectivity index (χ3n) is 2.93. The van der Waals surface area contributed by atoms with Crippen molar-refractivity contribution in [3.8, 4) is 0 Å². The van der Waals surface area contributed by atoms with Crippen LogP contribution >= 0.6 is 0 Å². The molecule has 0 N–H and O–H groups in total. The van der Waals surface area contributed by atoms with Crippen LogP contribution in [0, 0.1) is 0 Å². The van der Waals surface area contributed by atoms with Crippen LogP contribution in [0.1, 0.15) is 41.5 Å². The molecule has 0 unspecified atom stereocenters. The number of carbonyl (C=O) groups is 2. The molecule has 1 atom stereocenters. The smallest absolute Gasteiger partial charge is 0.413 e. The Morgan fingerprint density at radius 3 is 2.32 bits per heavy atom. The minimum atomic E-state index is -0.814. The highest BCUT2D eigenvalue weighted by atomic mass is 16.6. The second kappa shape index (κ2) is 4.96. The van der Waals surface area contributed by atoms with Gasteiger partial charge in [0.05, 0.1) is 12.6 Å². The second-order valence-corrected chi connectivity index (χ2v) is 6.21. The van der Waals surface area contributed by atoms with E-state index in [-0.39, 0.29) is 12.4 Å². The Bertz CT molecular complexity index is 406. The summed E-state index contributed by atoms with van der Waals surface area (Å²) in [6, 6.07) is -0.470. The molecule has 0 radical (unpaired) electrons. The van der Waals surface area contributed by atoms with Crippen molar-refractivity contribution in [2.45, 2.75) is 58.9 Å². The highest BCUT2D eigenvalue weighted by Crippen LogP contribution is 2.32. The quantitative estimate of drug-likeness (QED) is 0.723. The molecule has 1 amide bonds. The fourth-order valence-corrected chi connectivity index (χ4v) is 1.95. The molecule has 108 valence electrons. The number of ketones is 1. The Kier molecular flexibility index (Phi) is 4.10. The lowest BCUT2D eigenvalue weighted by Crippen LogP contribution is -2.50. The number of hydrogen-bond acceptors (Lipinski definition) is 4. The van der Waals surface area contributed by atoms with Gasteiger partial charge in [0.15, 0.2) is 5.78 Å². The first-order valence-electron chi connectivity index (χ1n) is 6.32. The van der Waals surface area contributed by atoms with Gasteiger partial charge in [0.2, 0.25) is 0 Å². The van der Waals surface area contributed by atoms with Gasteiger partial charge in [0, 0.05) is 5.57 Å². The Hall–Kier alpha value is -1.36. The van der Waals surface area contributed by atoms with E-state index in [4.69, 9.17) is 9.47 Å². The van der Waals surface area contributed by atoms with Crippen LogP contribution in [-0.4, -0.2) is 40.8 Å². The summed E-state index contributed by atoms with van der Waals surface area (Å²) < 4.78 is 11.0. The molecule has 0 spiro atoms. The largest absolute Gasteiger partial charge is 0.444 e. The monoisotopic (exact) mass is 269 g/mol. The van der Waals surface area contributed by atoms with Crippen molar-refractivity contribution in [1.29, 1.82) is 0 Å². The fraction of sp³-hybridized carbons (Fsp3) is 0.714. The highest BCUT2D eigenvalue weighted by Gasteiger charge is 2.47. The number of amides is 1. The highest BCUT2D eigenvalue weighted by molar-refractivity contribution is 5.94. The predicted molar refractivity (Wildman–Crippen MR) is 71.7 cm³/mol. The molecule has 5 nitrogen and oxygen atoms in total. The molecule has 1 heterocycles. The van der Waals surface area contributed by atoms with Gasteiger partial charge >= 0.3 is 6.09 Å². The predicted octanol–water partition coefficient (Wildman–Crippen LogP) is 2.50. The summed E-state index contributed by atoms with van der Waals surface area (Å²) in [5, 5.41) is 0. The number of ether oxygens (including phenoxy) is 2. The average Bonchev–Trinajstić information content (AvgIpc) is 2.50. The van der Waals surface area contributed by atoms with Gasteiger partial charge in [-0.3, -0.25) is 9.69 Å². The zero-order chi connectivity index (χ0) is 15.0. The molecule has 0 aliphatic carbocycles. The minimum Gasteiger partial charge on any atom is -0.444 e. The van der Waals surface area contributed by atoms with E-state index in [1.54, 1.807) is 34.6 Å². The Morgan fingerprint density at radius 1 is 1.37 bits per heavy atom. The lowest BCUT2D eigenvalue weighted by atomic mass is 10.0. The topological polar surface area (TPSA) is 55.8 Å². The van der Waals surface area contributed by atoms with Crippen molar-refractivity contribution in [2.75, 3.05) is 6.61 Å². The SMILES string of the molecule is C=C(C(C)=O)[C@@H]1COC(C)(C)N1C(=O)OC(C)(C)C. The van der Waals surface area contributed by atoms with Crippen LogP contribution in [0.15, 0.2) is 12.2 Å². The van der Waals surface area contributed by atoms with Gasteiger partial charge in [-0.25, -0.2) is 4.79 Å². The van der Waals surface area contributed by atoms with Crippen LogP contribution < -0.4 is 0 Å². The molecule has 0 aromatic carbocycles. The summed E-state index contributed by atoms with van der Waals surface area (Å²) in [5.74, 6) is -0.153. The van der Waals surface area contributed by atoms with Gasteiger partial charge in [-0.2, -0.15) is 0 Å². The molecule has 1 aliphatic rings. The number of carbonyl (C=O) groups excluding carboxylic acids is 2. The number of hydrogen-bond donors (Lipinski definition) is 0. The molecule has 1 saturated heterocycles. The maximum atomic E-state index is 12.3. The maximum absolute atomic E-state index is 12.3. The molecule has 0 saturated carbocycles. The van der Waals surface area contributed by atoms with Crippen LogP contribution in [0.25, 0.3) is 0 Å². The van der Waals surface area contributed by atoms with E-state index in [1.165, 1.54) is 11.8 Å². The molecule has 1 aliphatic heterocycles. The molecular formula is C14H23NO4. The zero-order valence-electron chi connectivity index (χ0n) is 12.6. The summed E-state index contributed by atoms with van der Waals surface area (Å²) in [7, 11) is 0. The molecule has 5 heteroatoms. The van der Waals surface area contributed by atoms with Crippen LogP contribution in [0.2, 0.25) is 0 Å². The van der Waals surface area contributed by atoms with Gasteiger partial charge in [-0.05, 0) is 41.5 Å². The van der Waals surface area contributed by atoms with Crippen molar-refractivity contribution in [3.05, 3.63) is 12.2 Å². The lowest BCUT2D eigenvalue weighted by molar-refractivity contribution is -0.114. The lowest BCUT2D eigenvalue weighted by Gasteiger charge is -2.35. The van der Waals surface area contributed by atoms with Crippen molar-refractivity contribution >= 4 is 11.9 Å². The van der Waals surface area contributed by atoms with Crippen molar-refractivity contribution in [1.82, 2.24) is 4.90 Å². The average molecular weight is 269 g/mol. The molecule has 0 bridgehead atoms. The first-order chi connectivity index (χ1) is 8.46. The first-order valence-corrected chi connectivity index (χ1v) is 6.32. The van der Waals surface area contributed by atoms with E-state index < -0.39 is 23.5 Å². The molecule has 0 aromatic rings. The van der Waals surface area contributed by atoms with E-state index in [2.05, 4.69) is 6.58 Å². The second-order valence-electron chi connectivity index (χ2n) is 6.21. The van der Waals surface area contributed by atoms with Crippen molar-refractivity contribution in [2.24, 2.45) is 0 Å². The molecular weight excluding hydrogens is 246 g/mol. The van der Waals surface area contributed by atoms with Gasteiger partial charge in [0.1, 0.15) is 11.3 Å². The van der Waals surface area contributed by atoms with E-state index in [0.29, 0.717) is 5.57 Å². The Labute approximate surface area is 114 Å². The maximum Gasteiger partial charge on any atom is 0.413 e. The van der Waals surface area contributed by atoms with Crippen LogP contribution in [0.5, 0.6) is 0 Å². The van der Waals surface area contributed by atoms with Crippen molar-refractivity contribution < 1.29 is 19.1 Å². The Morgan fingerprint density at radius 2 is 1.89 bits per heavy atom. The molecule has 1 rings (SSSR count). The van der Waals surface area contributed by atoms with Gasteiger partial charge in [0.25, 0.3) is 0 Å². The van der Waals surface area contributed by atoms with E-state index in [9.17, 15) is 9.59 Å². The number of rotatable bonds is 2. The molecule has 1 fully saturated rings. The number of Topliss-reactive ketones (excluding diaryl/α,β-unsaturated/α-hetero) is 1. The third kappa shape index (κ3) is 3.56. The minimum absolute atomic E-state index is 0.153. The normalized spacial score (nSPS) is 22.2.